The Kier molecular flexibility index (Phi) is 4.69. The van der Waals surface area contributed by atoms with Gasteiger partial charge in [0.25, 0.3) is 0 Å². The zero-order chi connectivity index (χ0) is 12.8. The predicted molar refractivity (Wildman–Crippen MR) is 66.4 cm³/mol. The second-order valence-electron chi connectivity index (χ2n) is 3.89. The van der Waals surface area contributed by atoms with Crippen LogP contribution < -0.4 is 5.32 Å². The normalized spacial score (nSPS) is 17.3. The third kappa shape index (κ3) is 3.06. The fourth-order valence-electron chi connectivity index (χ4n) is 1.54. The number of Topliss-reactive ketones (excluding diaryl/α,β-unsaturated/α-hetero) is 1. The summed E-state index contributed by atoms with van der Waals surface area (Å²) in [6.07, 6.45) is 1.25. The molecule has 1 heterocycles. The molecule has 2 N–H and O–H groups in total. The van der Waals surface area contributed by atoms with Gasteiger partial charge in [-0.3, -0.25) is 9.59 Å². The zero-order valence-electron chi connectivity index (χ0n) is 10.1. The minimum absolute atomic E-state index is 0.172. The first-order valence-electron chi connectivity index (χ1n) is 5.71. The van der Waals surface area contributed by atoms with E-state index in [1.165, 1.54) is 6.42 Å². The number of hydrogen-bond donors (Lipinski definition) is 2. The van der Waals surface area contributed by atoms with E-state index < -0.39 is 11.9 Å². The smallest absolute Gasteiger partial charge is 0.316 e. The van der Waals surface area contributed by atoms with Gasteiger partial charge in [0.05, 0.1) is 0 Å². The molecule has 0 spiro atoms. The number of para-hydroxylation sites is 1. The van der Waals surface area contributed by atoms with Crippen LogP contribution in [-0.4, -0.2) is 23.4 Å². The lowest BCUT2D eigenvalue weighted by Crippen LogP contribution is -2.35. The molecule has 4 heteroatoms. The van der Waals surface area contributed by atoms with Gasteiger partial charge < -0.3 is 10.4 Å². The fourth-order valence-corrected chi connectivity index (χ4v) is 1.54. The Bertz CT molecular complexity index is 415. The average Bonchev–Trinajstić information content (AvgIpc) is 2.30. The van der Waals surface area contributed by atoms with Gasteiger partial charge in [0, 0.05) is 17.8 Å². The number of ketones is 1. The first-order valence-corrected chi connectivity index (χ1v) is 5.71. The molecule has 1 aromatic carbocycles. The van der Waals surface area contributed by atoms with Gasteiger partial charge in [0.15, 0.2) is 5.78 Å². The largest absolute Gasteiger partial charge is 0.481 e. The van der Waals surface area contributed by atoms with Gasteiger partial charge in [0.1, 0.15) is 5.92 Å². The van der Waals surface area contributed by atoms with Crippen LogP contribution in [0.5, 0.6) is 0 Å². The molecule has 0 amide bonds. The van der Waals surface area contributed by atoms with E-state index in [0.717, 1.165) is 5.69 Å². The molecule has 0 aromatic heterocycles. The van der Waals surface area contributed by atoms with Crippen molar-refractivity contribution < 1.29 is 14.7 Å². The minimum atomic E-state index is -1.07. The van der Waals surface area contributed by atoms with E-state index in [9.17, 15) is 9.59 Å². The van der Waals surface area contributed by atoms with Crippen LogP contribution in [0.3, 0.4) is 0 Å². The maximum Gasteiger partial charge on any atom is 0.316 e. The zero-order valence-corrected chi connectivity index (χ0v) is 10.1. The number of carboxylic acids is 1. The van der Waals surface area contributed by atoms with Crippen LogP contribution >= 0.6 is 0 Å². The van der Waals surface area contributed by atoms with Crippen LogP contribution in [0.4, 0.5) is 5.69 Å². The Balaban J connectivity index is 0.000000437. The third-order valence-electron chi connectivity index (χ3n) is 2.30. The fraction of sp³-hybridized carbons (Fsp3) is 0.385. The van der Waals surface area contributed by atoms with Crippen LogP contribution in [0.1, 0.15) is 30.6 Å². The molecule has 0 saturated heterocycles. The Morgan fingerprint density at radius 1 is 1.41 bits per heavy atom. The molecule has 1 atom stereocenters. The number of anilines is 1. The first kappa shape index (κ1) is 13.2. The standard InChI is InChI=1S/C10H9NO3.C3H8/c12-9-6-3-1-2-4-8(6)11-5-7(9)10(13)14;1-3-2/h1-4,7,11H,5H2,(H,13,14);3H2,1-2H3. The van der Waals surface area contributed by atoms with E-state index in [1.807, 2.05) is 0 Å². The molecule has 0 radical (unpaired) electrons. The highest BCUT2D eigenvalue weighted by Gasteiger charge is 2.32. The molecule has 2 rings (SSSR count). The third-order valence-corrected chi connectivity index (χ3v) is 2.30. The minimum Gasteiger partial charge on any atom is -0.481 e. The molecule has 0 bridgehead atoms. The summed E-state index contributed by atoms with van der Waals surface area (Å²) in [5.41, 5.74) is 1.18. The molecule has 1 aliphatic heterocycles. The first-order chi connectivity index (χ1) is 8.11. The number of benzene rings is 1. The lowest BCUT2D eigenvalue weighted by atomic mass is 9.93. The number of carbonyl (C=O) groups excluding carboxylic acids is 1. The second kappa shape index (κ2) is 6.03. The van der Waals surface area contributed by atoms with Crippen molar-refractivity contribution in [1.29, 1.82) is 0 Å². The number of carboxylic acid groups (broad SMARTS) is 1. The van der Waals surface area contributed by atoms with Crippen molar-refractivity contribution in [2.24, 2.45) is 5.92 Å². The van der Waals surface area contributed by atoms with Crippen molar-refractivity contribution in [3.63, 3.8) is 0 Å². The molecule has 1 aromatic rings. The van der Waals surface area contributed by atoms with E-state index in [4.69, 9.17) is 5.11 Å². The topological polar surface area (TPSA) is 66.4 Å². The maximum absolute atomic E-state index is 11.6. The van der Waals surface area contributed by atoms with Crippen molar-refractivity contribution in [2.45, 2.75) is 20.3 Å². The molecule has 0 aliphatic carbocycles. The summed E-state index contributed by atoms with van der Waals surface area (Å²) in [6.45, 7) is 4.42. The Morgan fingerprint density at radius 3 is 2.59 bits per heavy atom. The SMILES string of the molecule is CCC.O=C(O)C1CNc2ccccc2C1=O. The van der Waals surface area contributed by atoms with Crippen LogP contribution in [0.25, 0.3) is 0 Å². The molecular weight excluding hydrogens is 218 g/mol. The van der Waals surface area contributed by atoms with Crippen molar-refractivity contribution in [2.75, 3.05) is 11.9 Å². The average molecular weight is 235 g/mol. The summed E-state index contributed by atoms with van der Waals surface area (Å²) >= 11 is 0. The molecular formula is C13H17NO3. The number of nitrogens with one attached hydrogen (secondary N) is 1. The monoisotopic (exact) mass is 235 g/mol. The van der Waals surface area contributed by atoms with Crippen molar-refractivity contribution in [3.8, 4) is 0 Å². The van der Waals surface area contributed by atoms with Crippen LogP contribution in [0.15, 0.2) is 24.3 Å². The highest BCUT2D eigenvalue weighted by molar-refractivity contribution is 6.12. The van der Waals surface area contributed by atoms with Gasteiger partial charge in [-0.2, -0.15) is 0 Å². The van der Waals surface area contributed by atoms with Gasteiger partial charge in [-0.25, -0.2) is 0 Å². The Hall–Kier alpha value is -1.84. The van der Waals surface area contributed by atoms with Crippen LogP contribution in [-0.2, 0) is 4.79 Å². The van der Waals surface area contributed by atoms with Crippen LogP contribution in [0, 0.1) is 5.92 Å². The predicted octanol–water partition coefficient (Wildman–Crippen LogP) is 2.41. The van der Waals surface area contributed by atoms with Gasteiger partial charge in [0.2, 0.25) is 0 Å². The van der Waals surface area contributed by atoms with Gasteiger partial charge in [-0.05, 0) is 12.1 Å². The summed E-state index contributed by atoms with van der Waals surface area (Å²) in [4.78, 5) is 22.4. The summed E-state index contributed by atoms with van der Waals surface area (Å²) < 4.78 is 0. The summed E-state index contributed by atoms with van der Waals surface area (Å²) in [5.74, 6) is -2.34. The lowest BCUT2D eigenvalue weighted by molar-refractivity contribution is -0.139. The molecule has 1 aliphatic rings. The molecule has 0 saturated carbocycles. The molecule has 0 fully saturated rings. The Labute approximate surface area is 101 Å². The van der Waals surface area contributed by atoms with Gasteiger partial charge in [-0.1, -0.05) is 32.4 Å². The van der Waals surface area contributed by atoms with Gasteiger partial charge >= 0.3 is 5.97 Å². The Morgan fingerprint density at radius 2 is 2.00 bits per heavy atom. The van der Waals surface area contributed by atoms with Crippen molar-refractivity contribution in [3.05, 3.63) is 29.8 Å². The van der Waals surface area contributed by atoms with E-state index in [0.29, 0.717) is 5.56 Å². The van der Waals surface area contributed by atoms with Gasteiger partial charge in [-0.15, -0.1) is 0 Å². The van der Waals surface area contributed by atoms with E-state index in [2.05, 4.69) is 19.2 Å². The molecule has 4 nitrogen and oxygen atoms in total. The van der Waals surface area contributed by atoms with E-state index in [-0.39, 0.29) is 12.3 Å². The number of hydrogen-bond acceptors (Lipinski definition) is 3. The molecule has 17 heavy (non-hydrogen) atoms. The van der Waals surface area contributed by atoms with Crippen LogP contribution in [0.2, 0.25) is 0 Å². The summed E-state index contributed by atoms with van der Waals surface area (Å²) in [7, 11) is 0. The number of fused-ring (bicyclic) bond motifs is 1. The van der Waals surface area contributed by atoms with E-state index in [1.54, 1.807) is 24.3 Å². The highest BCUT2D eigenvalue weighted by Crippen LogP contribution is 2.24. The molecule has 92 valence electrons. The number of rotatable bonds is 1. The quantitative estimate of drug-likeness (QED) is 0.733. The highest BCUT2D eigenvalue weighted by atomic mass is 16.4. The number of aliphatic carboxylic acids is 1. The second-order valence-corrected chi connectivity index (χ2v) is 3.89. The summed E-state index contributed by atoms with van der Waals surface area (Å²) in [5, 5.41) is 11.7. The number of carbonyl (C=O) groups is 2. The van der Waals surface area contributed by atoms with Crippen molar-refractivity contribution >= 4 is 17.4 Å². The maximum atomic E-state index is 11.6. The summed E-state index contributed by atoms with van der Waals surface area (Å²) in [6, 6.07) is 6.94. The molecule has 1 unspecified atom stereocenters. The van der Waals surface area contributed by atoms with Crippen molar-refractivity contribution in [1.82, 2.24) is 0 Å². The lowest BCUT2D eigenvalue weighted by Gasteiger charge is -2.21. The van der Waals surface area contributed by atoms with E-state index >= 15 is 0 Å².